The van der Waals surface area contributed by atoms with Crippen molar-refractivity contribution in [3.8, 4) is 0 Å². The van der Waals surface area contributed by atoms with E-state index in [0.717, 1.165) is 19.7 Å². The molecule has 0 saturated carbocycles. The van der Waals surface area contributed by atoms with Crippen LogP contribution in [0.3, 0.4) is 0 Å². The number of ether oxygens (including phenoxy) is 1. The molecule has 1 saturated heterocycles. The van der Waals surface area contributed by atoms with Gasteiger partial charge in [-0.2, -0.15) is 0 Å². The molecule has 1 aliphatic rings. The Morgan fingerprint density at radius 3 is 2.75 bits per heavy atom. The fraction of sp³-hybridized carbons (Fsp3) is 1.00. The van der Waals surface area contributed by atoms with Gasteiger partial charge in [0.1, 0.15) is 0 Å². The van der Waals surface area contributed by atoms with E-state index in [0.29, 0.717) is 0 Å². The summed E-state index contributed by atoms with van der Waals surface area (Å²) >= 11 is 0. The highest BCUT2D eigenvalue weighted by Crippen LogP contribution is 2.16. The third kappa shape index (κ3) is 3.11. The quantitative estimate of drug-likeness (QED) is 0.643. The Labute approximate surface area is 75.9 Å². The first-order chi connectivity index (χ1) is 5.64. The monoisotopic (exact) mass is 171 g/mol. The summed E-state index contributed by atoms with van der Waals surface area (Å²) in [6, 6.07) is 0. The number of rotatable bonds is 3. The van der Waals surface area contributed by atoms with Crippen molar-refractivity contribution in [3.63, 3.8) is 0 Å². The second-order valence-electron chi connectivity index (χ2n) is 4.24. The lowest BCUT2D eigenvalue weighted by atomic mass is 10.1. The molecule has 1 aliphatic heterocycles. The zero-order valence-electron chi connectivity index (χ0n) is 8.60. The minimum absolute atomic E-state index is 0.0754. The van der Waals surface area contributed by atoms with Gasteiger partial charge < -0.3 is 4.74 Å². The van der Waals surface area contributed by atoms with Gasteiger partial charge in [0, 0.05) is 13.1 Å². The molecule has 0 N–H and O–H groups in total. The Morgan fingerprint density at radius 1 is 1.42 bits per heavy atom. The van der Waals surface area contributed by atoms with Crippen LogP contribution in [0.4, 0.5) is 0 Å². The van der Waals surface area contributed by atoms with Crippen molar-refractivity contribution < 1.29 is 4.74 Å². The molecule has 1 heterocycles. The molecule has 0 aromatic carbocycles. The molecule has 0 aromatic heterocycles. The third-order valence-corrected chi connectivity index (χ3v) is 2.33. The molecule has 0 unspecified atom stereocenters. The first kappa shape index (κ1) is 10.0. The Morgan fingerprint density at radius 2 is 2.17 bits per heavy atom. The summed E-state index contributed by atoms with van der Waals surface area (Å²) in [5, 5.41) is 0. The third-order valence-electron chi connectivity index (χ3n) is 2.33. The number of morpholine rings is 1. The van der Waals surface area contributed by atoms with Crippen LogP contribution in [0.5, 0.6) is 0 Å². The van der Waals surface area contributed by atoms with Gasteiger partial charge in [0.2, 0.25) is 0 Å². The van der Waals surface area contributed by atoms with E-state index in [1.54, 1.807) is 0 Å². The molecule has 0 atom stereocenters. The predicted molar refractivity (Wildman–Crippen MR) is 51.4 cm³/mol. The summed E-state index contributed by atoms with van der Waals surface area (Å²) in [4.78, 5) is 2.51. The van der Waals surface area contributed by atoms with Crippen molar-refractivity contribution in [2.75, 3.05) is 26.2 Å². The van der Waals surface area contributed by atoms with Crippen LogP contribution in [0.1, 0.15) is 33.6 Å². The van der Waals surface area contributed by atoms with Crippen molar-refractivity contribution in [1.82, 2.24) is 4.90 Å². The second-order valence-corrected chi connectivity index (χ2v) is 4.24. The number of unbranched alkanes of at least 4 members (excludes halogenated alkanes) is 1. The minimum Gasteiger partial charge on any atom is -0.373 e. The van der Waals surface area contributed by atoms with Gasteiger partial charge in [0.25, 0.3) is 0 Å². The van der Waals surface area contributed by atoms with Crippen molar-refractivity contribution in [2.45, 2.75) is 39.2 Å². The van der Waals surface area contributed by atoms with Crippen LogP contribution in [0.15, 0.2) is 0 Å². The molecule has 72 valence electrons. The molecular weight excluding hydrogens is 150 g/mol. The maximum absolute atomic E-state index is 5.63. The first-order valence-electron chi connectivity index (χ1n) is 5.00. The lowest BCUT2D eigenvalue weighted by molar-refractivity contribution is -0.0860. The van der Waals surface area contributed by atoms with Crippen molar-refractivity contribution >= 4 is 0 Å². The largest absolute Gasteiger partial charge is 0.373 e. The molecule has 0 spiro atoms. The fourth-order valence-corrected chi connectivity index (χ4v) is 1.69. The van der Waals surface area contributed by atoms with E-state index in [1.807, 2.05) is 0 Å². The van der Waals surface area contributed by atoms with Crippen molar-refractivity contribution in [3.05, 3.63) is 0 Å². The summed E-state index contributed by atoms with van der Waals surface area (Å²) in [6.07, 6.45) is 2.61. The molecule has 1 fully saturated rings. The Hall–Kier alpha value is -0.0800. The van der Waals surface area contributed by atoms with E-state index in [4.69, 9.17) is 4.74 Å². The maximum atomic E-state index is 5.63. The molecule has 0 radical (unpaired) electrons. The van der Waals surface area contributed by atoms with Gasteiger partial charge in [-0.05, 0) is 26.8 Å². The molecule has 12 heavy (non-hydrogen) atoms. The molecule has 0 aliphatic carbocycles. The van der Waals surface area contributed by atoms with Crippen LogP contribution < -0.4 is 0 Å². The first-order valence-corrected chi connectivity index (χ1v) is 5.00. The predicted octanol–water partition coefficient (Wildman–Crippen LogP) is 1.90. The summed E-state index contributed by atoms with van der Waals surface area (Å²) < 4.78 is 5.63. The van der Waals surface area contributed by atoms with E-state index in [-0.39, 0.29) is 5.60 Å². The van der Waals surface area contributed by atoms with E-state index in [9.17, 15) is 0 Å². The van der Waals surface area contributed by atoms with Gasteiger partial charge in [-0.1, -0.05) is 13.3 Å². The standard InChI is InChI=1S/C10H21NO/c1-4-5-6-11-7-8-12-10(2,3)9-11/h4-9H2,1-3H3. The van der Waals surface area contributed by atoms with Crippen LogP contribution in [-0.2, 0) is 4.74 Å². The molecule has 2 nitrogen and oxygen atoms in total. The van der Waals surface area contributed by atoms with Gasteiger partial charge in [-0.25, -0.2) is 0 Å². The highest BCUT2D eigenvalue weighted by molar-refractivity contribution is 4.78. The summed E-state index contributed by atoms with van der Waals surface area (Å²) in [5.41, 5.74) is 0.0754. The smallest absolute Gasteiger partial charge is 0.0753 e. The number of hydrogen-bond donors (Lipinski definition) is 0. The number of nitrogens with zero attached hydrogens (tertiary/aromatic N) is 1. The summed E-state index contributed by atoms with van der Waals surface area (Å²) in [6.45, 7) is 10.9. The molecule has 0 bridgehead atoms. The zero-order chi connectivity index (χ0) is 9.03. The zero-order valence-corrected chi connectivity index (χ0v) is 8.60. The lowest BCUT2D eigenvalue weighted by Gasteiger charge is -2.38. The maximum Gasteiger partial charge on any atom is 0.0753 e. The van der Waals surface area contributed by atoms with Crippen LogP contribution in [-0.4, -0.2) is 36.7 Å². The lowest BCUT2D eigenvalue weighted by Crippen LogP contribution is -2.48. The van der Waals surface area contributed by atoms with E-state index < -0.39 is 0 Å². The van der Waals surface area contributed by atoms with Gasteiger partial charge in [-0.3, -0.25) is 4.90 Å². The summed E-state index contributed by atoms with van der Waals surface area (Å²) in [7, 11) is 0. The van der Waals surface area contributed by atoms with Gasteiger partial charge in [-0.15, -0.1) is 0 Å². The van der Waals surface area contributed by atoms with Crippen molar-refractivity contribution in [1.29, 1.82) is 0 Å². The average molecular weight is 171 g/mol. The van der Waals surface area contributed by atoms with Crippen LogP contribution in [0.2, 0.25) is 0 Å². The highest BCUT2D eigenvalue weighted by Gasteiger charge is 2.26. The summed E-state index contributed by atoms with van der Waals surface area (Å²) in [5.74, 6) is 0. The minimum atomic E-state index is 0.0754. The van der Waals surface area contributed by atoms with E-state index in [2.05, 4.69) is 25.7 Å². The Kier molecular flexibility index (Phi) is 3.53. The van der Waals surface area contributed by atoms with Crippen LogP contribution in [0.25, 0.3) is 0 Å². The SMILES string of the molecule is CCCCN1CCOC(C)(C)C1. The Balaban J connectivity index is 2.26. The van der Waals surface area contributed by atoms with Crippen LogP contribution >= 0.6 is 0 Å². The van der Waals surface area contributed by atoms with Crippen LogP contribution in [0, 0.1) is 0 Å². The fourth-order valence-electron chi connectivity index (χ4n) is 1.69. The second kappa shape index (κ2) is 4.24. The number of hydrogen-bond acceptors (Lipinski definition) is 2. The molecular formula is C10H21NO. The normalized spacial score (nSPS) is 24.2. The van der Waals surface area contributed by atoms with E-state index in [1.165, 1.54) is 19.4 Å². The Bertz CT molecular complexity index is 134. The molecule has 1 rings (SSSR count). The molecule has 0 aromatic rings. The average Bonchev–Trinajstić information content (AvgIpc) is 1.99. The van der Waals surface area contributed by atoms with Crippen molar-refractivity contribution in [2.24, 2.45) is 0 Å². The molecule has 2 heteroatoms. The van der Waals surface area contributed by atoms with Gasteiger partial charge >= 0.3 is 0 Å². The highest BCUT2D eigenvalue weighted by atomic mass is 16.5. The molecule has 0 amide bonds. The van der Waals surface area contributed by atoms with E-state index >= 15 is 0 Å². The van der Waals surface area contributed by atoms with Gasteiger partial charge in [0.15, 0.2) is 0 Å². The van der Waals surface area contributed by atoms with Gasteiger partial charge in [0.05, 0.1) is 12.2 Å². The topological polar surface area (TPSA) is 12.5 Å².